The van der Waals surface area contributed by atoms with Crippen molar-refractivity contribution in [2.45, 2.75) is 57.6 Å². The summed E-state index contributed by atoms with van der Waals surface area (Å²) >= 11 is 1.31. The molecule has 9 heteroatoms. The highest BCUT2D eigenvalue weighted by molar-refractivity contribution is 7.15. The highest BCUT2D eigenvalue weighted by Gasteiger charge is 2.40. The Morgan fingerprint density at radius 1 is 1.38 bits per heavy atom. The standard InChI is InChI=1S/C17H26N4O4S/c1-2-25-10-13-19-20-16(26-13)21-9-12(8-14(21)23)15(24)18-17(11-22)6-4-3-5-7-17/h12,22H,2-11H2,1H3,(H,18,24). The Labute approximate surface area is 156 Å². The van der Waals surface area contributed by atoms with Crippen molar-refractivity contribution in [2.75, 3.05) is 24.7 Å². The molecule has 8 nitrogen and oxygen atoms in total. The van der Waals surface area contributed by atoms with Gasteiger partial charge in [0.15, 0.2) is 0 Å². The molecule has 1 aliphatic heterocycles. The van der Waals surface area contributed by atoms with Gasteiger partial charge < -0.3 is 15.2 Å². The van der Waals surface area contributed by atoms with E-state index in [0.29, 0.717) is 29.9 Å². The molecule has 2 N–H and O–H groups in total. The summed E-state index contributed by atoms with van der Waals surface area (Å²) in [6.07, 6.45) is 4.88. The summed E-state index contributed by atoms with van der Waals surface area (Å²) in [5.74, 6) is -0.700. The van der Waals surface area contributed by atoms with Crippen molar-refractivity contribution in [3.8, 4) is 0 Å². The molecule has 0 aromatic carbocycles. The fraction of sp³-hybridized carbons (Fsp3) is 0.765. The van der Waals surface area contributed by atoms with Crippen LogP contribution in [-0.2, 0) is 20.9 Å². The predicted octanol–water partition coefficient (Wildman–Crippen LogP) is 1.24. The number of ether oxygens (including phenoxy) is 1. The van der Waals surface area contributed by atoms with Gasteiger partial charge in [0.2, 0.25) is 16.9 Å². The van der Waals surface area contributed by atoms with Gasteiger partial charge in [0.05, 0.1) is 18.1 Å². The molecule has 1 unspecified atom stereocenters. The molecule has 2 amide bonds. The molecule has 2 heterocycles. The second kappa shape index (κ2) is 8.41. The Kier molecular flexibility index (Phi) is 6.20. The molecule has 0 bridgehead atoms. The van der Waals surface area contributed by atoms with Crippen LogP contribution in [-0.4, -0.2) is 52.4 Å². The van der Waals surface area contributed by atoms with E-state index >= 15 is 0 Å². The van der Waals surface area contributed by atoms with Gasteiger partial charge in [-0.25, -0.2) is 0 Å². The van der Waals surface area contributed by atoms with Crippen molar-refractivity contribution in [1.29, 1.82) is 0 Å². The van der Waals surface area contributed by atoms with E-state index in [0.717, 1.165) is 32.1 Å². The summed E-state index contributed by atoms with van der Waals surface area (Å²) in [6.45, 7) is 3.11. The average molecular weight is 382 g/mol. The Bertz CT molecular complexity index is 644. The number of anilines is 1. The zero-order valence-corrected chi connectivity index (χ0v) is 15.9. The monoisotopic (exact) mass is 382 g/mol. The fourth-order valence-electron chi connectivity index (χ4n) is 3.58. The highest BCUT2D eigenvalue weighted by Crippen LogP contribution is 2.31. The normalized spacial score (nSPS) is 22.6. The van der Waals surface area contributed by atoms with Gasteiger partial charge in [-0.05, 0) is 19.8 Å². The number of nitrogens with one attached hydrogen (secondary N) is 1. The largest absolute Gasteiger partial charge is 0.394 e. The summed E-state index contributed by atoms with van der Waals surface area (Å²) in [5.41, 5.74) is -0.529. The molecule has 2 fully saturated rings. The summed E-state index contributed by atoms with van der Waals surface area (Å²) in [5, 5.41) is 22.1. The Morgan fingerprint density at radius 3 is 2.85 bits per heavy atom. The minimum absolute atomic E-state index is 0.0552. The Hall–Kier alpha value is -1.58. The van der Waals surface area contributed by atoms with E-state index < -0.39 is 11.5 Å². The van der Waals surface area contributed by atoms with Gasteiger partial charge in [-0.2, -0.15) is 0 Å². The van der Waals surface area contributed by atoms with E-state index in [2.05, 4.69) is 15.5 Å². The summed E-state index contributed by atoms with van der Waals surface area (Å²) in [7, 11) is 0. The van der Waals surface area contributed by atoms with Crippen LogP contribution in [0.15, 0.2) is 0 Å². The summed E-state index contributed by atoms with van der Waals surface area (Å²) in [6, 6.07) is 0. The number of carbonyl (C=O) groups excluding carboxylic acids is 2. The molecule has 0 spiro atoms. The van der Waals surface area contributed by atoms with E-state index in [1.54, 1.807) is 0 Å². The van der Waals surface area contributed by atoms with E-state index in [1.807, 2.05) is 6.92 Å². The second-order valence-electron chi connectivity index (χ2n) is 7.01. The number of aliphatic hydroxyl groups excluding tert-OH is 1. The van der Waals surface area contributed by atoms with Crippen molar-refractivity contribution < 1.29 is 19.4 Å². The van der Waals surface area contributed by atoms with E-state index in [4.69, 9.17) is 4.74 Å². The van der Waals surface area contributed by atoms with Gasteiger partial charge >= 0.3 is 0 Å². The van der Waals surface area contributed by atoms with Crippen LogP contribution in [0, 0.1) is 5.92 Å². The van der Waals surface area contributed by atoms with Crippen molar-refractivity contribution in [3.63, 3.8) is 0 Å². The third-order valence-electron chi connectivity index (χ3n) is 5.11. The van der Waals surface area contributed by atoms with Crippen molar-refractivity contribution in [2.24, 2.45) is 5.92 Å². The van der Waals surface area contributed by atoms with Crippen LogP contribution in [0.4, 0.5) is 5.13 Å². The lowest BCUT2D eigenvalue weighted by Crippen LogP contribution is -2.54. The number of amides is 2. The lowest BCUT2D eigenvalue weighted by atomic mass is 9.82. The molecule has 2 aliphatic rings. The van der Waals surface area contributed by atoms with Gasteiger partial charge in [-0.1, -0.05) is 30.6 Å². The number of aliphatic hydroxyl groups is 1. The minimum atomic E-state index is -0.529. The molecule has 3 rings (SSSR count). The Balaban J connectivity index is 1.61. The fourth-order valence-corrected chi connectivity index (χ4v) is 4.39. The SMILES string of the molecule is CCOCc1nnc(N2CC(C(=O)NC3(CO)CCCCC3)CC2=O)s1. The van der Waals surface area contributed by atoms with Crippen molar-refractivity contribution >= 4 is 28.3 Å². The third kappa shape index (κ3) is 4.21. The topological polar surface area (TPSA) is 105 Å². The predicted molar refractivity (Wildman–Crippen MR) is 96.7 cm³/mol. The van der Waals surface area contributed by atoms with E-state index in [1.165, 1.54) is 16.2 Å². The second-order valence-corrected chi connectivity index (χ2v) is 8.05. The van der Waals surface area contributed by atoms with Crippen molar-refractivity contribution in [1.82, 2.24) is 15.5 Å². The van der Waals surface area contributed by atoms with Gasteiger partial charge in [0.25, 0.3) is 0 Å². The molecule has 1 aromatic heterocycles. The van der Waals surface area contributed by atoms with Crippen LogP contribution >= 0.6 is 11.3 Å². The lowest BCUT2D eigenvalue weighted by molar-refractivity contribution is -0.129. The van der Waals surface area contributed by atoms with Crippen molar-refractivity contribution in [3.05, 3.63) is 5.01 Å². The molecule has 0 radical (unpaired) electrons. The van der Waals surface area contributed by atoms with Gasteiger partial charge in [-0.15, -0.1) is 10.2 Å². The minimum Gasteiger partial charge on any atom is -0.394 e. The number of aromatic nitrogens is 2. The summed E-state index contributed by atoms with van der Waals surface area (Å²) in [4.78, 5) is 26.6. The maximum absolute atomic E-state index is 12.7. The third-order valence-corrected chi connectivity index (χ3v) is 6.03. The molecule has 1 atom stereocenters. The van der Waals surface area contributed by atoms with Crippen LogP contribution in [0.2, 0.25) is 0 Å². The molecule has 1 saturated carbocycles. The average Bonchev–Trinajstić information content (AvgIpc) is 3.27. The molecule has 1 aromatic rings. The van der Waals surface area contributed by atoms with E-state index in [-0.39, 0.29) is 24.8 Å². The number of hydrogen-bond acceptors (Lipinski definition) is 7. The maximum atomic E-state index is 12.7. The number of hydrogen-bond donors (Lipinski definition) is 2. The highest BCUT2D eigenvalue weighted by atomic mass is 32.1. The molecular formula is C17H26N4O4S. The van der Waals surface area contributed by atoms with Crippen LogP contribution in [0.1, 0.15) is 50.5 Å². The molecular weight excluding hydrogens is 356 g/mol. The zero-order chi connectivity index (χ0) is 18.6. The van der Waals surface area contributed by atoms with Crippen LogP contribution in [0.5, 0.6) is 0 Å². The number of carbonyl (C=O) groups is 2. The van der Waals surface area contributed by atoms with Gasteiger partial charge in [0, 0.05) is 19.6 Å². The molecule has 1 saturated heterocycles. The zero-order valence-electron chi connectivity index (χ0n) is 15.1. The first-order chi connectivity index (χ1) is 12.6. The smallest absolute Gasteiger partial charge is 0.229 e. The van der Waals surface area contributed by atoms with Gasteiger partial charge in [0.1, 0.15) is 11.6 Å². The van der Waals surface area contributed by atoms with Crippen LogP contribution in [0.3, 0.4) is 0 Å². The quantitative estimate of drug-likeness (QED) is 0.735. The Morgan fingerprint density at radius 2 is 2.15 bits per heavy atom. The van der Waals surface area contributed by atoms with Gasteiger partial charge in [-0.3, -0.25) is 14.5 Å². The van der Waals surface area contributed by atoms with Crippen LogP contribution in [0.25, 0.3) is 0 Å². The first-order valence-corrected chi connectivity index (χ1v) is 10.0. The first-order valence-electron chi connectivity index (χ1n) is 9.20. The van der Waals surface area contributed by atoms with Crippen LogP contribution < -0.4 is 10.2 Å². The molecule has 144 valence electrons. The molecule has 26 heavy (non-hydrogen) atoms. The lowest BCUT2D eigenvalue weighted by Gasteiger charge is -2.37. The summed E-state index contributed by atoms with van der Waals surface area (Å²) < 4.78 is 5.31. The molecule has 1 aliphatic carbocycles. The number of nitrogens with zero attached hydrogens (tertiary/aromatic N) is 3. The van der Waals surface area contributed by atoms with E-state index in [9.17, 15) is 14.7 Å². The number of rotatable bonds is 7. The maximum Gasteiger partial charge on any atom is 0.229 e. The first kappa shape index (κ1) is 19.2.